The number of hydrogen-bond donors (Lipinski definition) is 2. The fraction of sp³-hybridized carbons (Fsp3) is 0.200. The van der Waals surface area contributed by atoms with Gasteiger partial charge in [-0.05, 0) is 37.3 Å². The first kappa shape index (κ1) is 16.7. The molecular weight excluding hydrogens is 351 g/mol. The summed E-state index contributed by atoms with van der Waals surface area (Å²) in [4.78, 5) is 9.08. The van der Waals surface area contributed by atoms with Gasteiger partial charge < -0.3 is 5.32 Å². The van der Waals surface area contributed by atoms with Gasteiger partial charge in [0.2, 0.25) is 10.0 Å². The minimum Gasteiger partial charge on any atom is -0.368 e. The van der Waals surface area contributed by atoms with Crippen LogP contribution in [0.25, 0.3) is 10.9 Å². The van der Waals surface area contributed by atoms with Gasteiger partial charge in [-0.15, -0.1) is 11.3 Å². The second kappa shape index (κ2) is 6.80. The minimum absolute atomic E-state index is 0.181. The highest BCUT2D eigenvalue weighted by Crippen LogP contribution is 2.21. The van der Waals surface area contributed by atoms with E-state index in [-0.39, 0.29) is 16.6 Å². The quantitative estimate of drug-likeness (QED) is 0.655. The van der Waals surface area contributed by atoms with Crippen LogP contribution in [0.4, 0.5) is 10.2 Å². The second-order valence-corrected chi connectivity index (χ2v) is 8.36. The predicted molar refractivity (Wildman–Crippen MR) is 92.2 cm³/mol. The van der Waals surface area contributed by atoms with Crippen molar-refractivity contribution in [3.63, 3.8) is 0 Å². The number of thiophene rings is 1. The van der Waals surface area contributed by atoms with E-state index in [9.17, 15) is 12.8 Å². The van der Waals surface area contributed by atoms with Crippen molar-refractivity contribution in [2.75, 3.05) is 18.4 Å². The molecular formula is C15H15FN4O2S2. The lowest BCUT2D eigenvalue weighted by molar-refractivity contribution is 0.585. The Morgan fingerprint density at radius 1 is 1.17 bits per heavy atom. The van der Waals surface area contributed by atoms with Gasteiger partial charge in [0, 0.05) is 23.4 Å². The number of benzene rings is 1. The lowest BCUT2D eigenvalue weighted by atomic mass is 10.2. The summed E-state index contributed by atoms with van der Waals surface area (Å²) in [6.07, 6.45) is 1.38. The van der Waals surface area contributed by atoms with Gasteiger partial charge in [0.15, 0.2) is 0 Å². The highest BCUT2D eigenvalue weighted by molar-refractivity contribution is 7.91. The first-order chi connectivity index (χ1) is 11.5. The first-order valence-corrected chi connectivity index (χ1v) is 9.46. The van der Waals surface area contributed by atoms with Crippen molar-refractivity contribution < 1.29 is 12.8 Å². The maximum absolute atomic E-state index is 13.4. The molecule has 2 heterocycles. The molecule has 0 saturated heterocycles. The molecule has 0 atom stereocenters. The molecule has 2 N–H and O–H groups in total. The molecule has 1 aromatic carbocycles. The van der Waals surface area contributed by atoms with Crippen molar-refractivity contribution in [1.82, 2.24) is 14.7 Å². The molecule has 0 spiro atoms. The molecule has 0 saturated carbocycles. The first-order valence-electron chi connectivity index (χ1n) is 7.16. The lowest BCUT2D eigenvalue weighted by Gasteiger charge is -2.09. The van der Waals surface area contributed by atoms with Crippen LogP contribution in [0, 0.1) is 12.7 Å². The fourth-order valence-electron chi connectivity index (χ4n) is 2.16. The van der Waals surface area contributed by atoms with Crippen LogP contribution in [0.5, 0.6) is 0 Å². The normalized spacial score (nSPS) is 11.8. The molecule has 3 rings (SSSR count). The van der Waals surface area contributed by atoms with E-state index in [1.54, 1.807) is 18.2 Å². The Hall–Kier alpha value is -2.10. The van der Waals surface area contributed by atoms with Gasteiger partial charge in [-0.2, -0.15) is 0 Å². The third kappa shape index (κ3) is 3.69. The van der Waals surface area contributed by atoms with Crippen molar-refractivity contribution in [3.8, 4) is 0 Å². The van der Waals surface area contributed by atoms with Gasteiger partial charge in [-0.25, -0.2) is 27.5 Å². The summed E-state index contributed by atoms with van der Waals surface area (Å²) in [5.41, 5.74) is 0.614. The highest BCUT2D eigenvalue weighted by Gasteiger charge is 2.15. The average Bonchev–Trinajstić information content (AvgIpc) is 2.99. The number of halogens is 1. The van der Waals surface area contributed by atoms with Gasteiger partial charge in [0.1, 0.15) is 22.2 Å². The number of rotatable bonds is 6. The van der Waals surface area contributed by atoms with Crippen molar-refractivity contribution in [2.45, 2.75) is 11.1 Å². The molecule has 0 unspecified atom stereocenters. The summed E-state index contributed by atoms with van der Waals surface area (Å²) in [6, 6.07) is 7.58. The number of anilines is 1. The molecule has 0 bridgehead atoms. The van der Waals surface area contributed by atoms with E-state index in [1.165, 1.54) is 29.8 Å². The molecule has 9 heteroatoms. The van der Waals surface area contributed by atoms with Crippen molar-refractivity contribution in [2.24, 2.45) is 0 Å². The Morgan fingerprint density at radius 2 is 2.00 bits per heavy atom. The van der Waals surface area contributed by atoms with E-state index in [2.05, 4.69) is 20.0 Å². The van der Waals surface area contributed by atoms with Crippen LogP contribution in [0.15, 0.2) is 40.9 Å². The third-order valence-corrected chi connectivity index (χ3v) is 6.24. The van der Waals surface area contributed by atoms with Crippen LogP contribution in [0.1, 0.15) is 4.88 Å². The van der Waals surface area contributed by atoms with Crippen LogP contribution < -0.4 is 10.0 Å². The number of fused-ring (bicyclic) bond motifs is 1. The maximum Gasteiger partial charge on any atom is 0.250 e. The minimum atomic E-state index is -3.51. The van der Waals surface area contributed by atoms with Crippen LogP contribution >= 0.6 is 11.3 Å². The summed E-state index contributed by atoms with van der Waals surface area (Å²) >= 11 is 1.22. The fourth-order valence-corrected chi connectivity index (χ4v) is 4.52. The Labute approximate surface area is 142 Å². The zero-order valence-corrected chi connectivity index (χ0v) is 14.4. The van der Waals surface area contributed by atoms with Gasteiger partial charge in [-0.3, -0.25) is 0 Å². The molecule has 2 aromatic heterocycles. The van der Waals surface area contributed by atoms with Crippen LogP contribution in [0.2, 0.25) is 0 Å². The van der Waals surface area contributed by atoms with Crippen molar-refractivity contribution in [3.05, 3.63) is 47.4 Å². The van der Waals surface area contributed by atoms with Crippen molar-refractivity contribution >= 4 is 38.1 Å². The standard InChI is InChI=1S/C15H15FN4O2S2/c1-10-2-5-14(23-10)24(21,22)20-7-6-17-15-12-8-11(16)3-4-13(12)18-9-19-15/h2-5,8-9,20H,6-7H2,1H3,(H,17,18,19). The molecule has 0 amide bonds. The maximum atomic E-state index is 13.4. The number of aromatic nitrogens is 2. The summed E-state index contributed by atoms with van der Waals surface area (Å²) in [5, 5.41) is 3.55. The number of nitrogens with one attached hydrogen (secondary N) is 2. The predicted octanol–water partition coefficient (Wildman–Crippen LogP) is 2.53. The topological polar surface area (TPSA) is 84.0 Å². The van der Waals surface area contributed by atoms with Gasteiger partial charge in [-0.1, -0.05) is 0 Å². The van der Waals surface area contributed by atoms with E-state index in [4.69, 9.17) is 0 Å². The van der Waals surface area contributed by atoms with Gasteiger partial charge in [0.05, 0.1) is 5.52 Å². The summed E-state index contributed by atoms with van der Waals surface area (Å²) in [6.45, 7) is 2.34. The summed E-state index contributed by atoms with van der Waals surface area (Å²) in [5.74, 6) is 0.0831. The average molecular weight is 366 g/mol. The number of nitrogens with zero attached hydrogens (tertiary/aromatic N) is 2. The van der Waals surface area contributed by atoms with E-state index >= 15 is 0 Å². The highest BCUT2D eigenvalue weighted by atomic mass is 32.2. The third-order valence-electron chi connectivity index (χ3n) is 3.29. The molecule has 126 valence electrons. The van der Waals surface area contributed by atoms with Gasteiger partial charge >= 0.3 is 0 Å². The summed E-state index contributed by atoms with van der Waals surface area (Å²) < 4.78 is 40.4. The molecule has 0 aliphatic rings. The monoisotopic (exact) mass is 366 g/mol. The Morgan fingerprint density at radius 3 is 2.75 bits per heavy atom. The van der Waals surface area contributed by atoms with E-state index in [0.717, 1.165) is 4.88 Å². The van der Waals surface area contributed by atoms with E-state index in [0.29, 0.717) is 23.3 Å². The smallest absolute Gasteiger partial charge is 0.250 e. The molecule has 0 aliphatic heterocycles. The number of sulfonamides is 1. The van der Waals surface area contributed by atoms with Crippen LogP contribution in [0.3, 0.4) is 0 Å². The Balaban J connectivity index is 1.64. The number of aryl methyl sites for hydroxylation is 1. The molecule has 3 aromatic rings. The Kier molecular flexibility index (Phi) is 4.74. The van der Waals surface area contributed by atoms with Crippen LogP contribution in [-0.2, 0) is 10.0 Å². The molecule has 0 radical (unpaired) electrons. The molecule has 24 heavy (non-hydrogen) atoms. The van der Waals surface area contributed by atoms with Crippen LogP contribution in [-0.4, -0.2) is 31.5 Å². The molecule has 6 nitrogen and oxygen atoms in total. The SMILES string of the molecule is Cc1ccc(S(=O)(=O)NCCNc2ncnc3ccc(F)cc23)s1. The lowest BCUT2D eigenvalue weighted by Crippen LogP contribution is -2.28. The van der Waals surface area contributed by atoms with E-state index in [1.807, 2.05) is 6.92 Å². The molecule has 0 fully saturated rings. The van der Waals surface area contributed by atoms with Gasteiger partial charge in [0.25, 0.3) is 0 Å². The van der Waals surface area contributed by atoms with Crippen molar-refractivity contribution in [1.29, 1.82) is 0 Å². The zero-order chi connectivity index (χ0) is 17.2. The van der Waals surface area contributed by atoms with E-state index < -0.39 is 10.0 Å². The number of hydrogen-bond acceptors (Lipinski definition) is 6. The molecule has 0 aliphatic carbocycles. The zero-order valence-electron chi connectivity index (χ0n) is 12.8. The second-order valence-electron chi connectivity index (χ2n) is 5.07. The summed E-state index contributed by atoms with van der Waals surface area (Å²) in [7, 11) is -3.51. The largest absolute Gasteiger partial charge is 0.368 e. The Bertz CT molecular complexity index is 973.